The van der Waals surface area contributed by atoms with Crippen LogP contribution in [0, 0.1) is 58.7 Å². The van der Waals surface area contributed by atoms with E-state index in [1.807, 2.05) is 47.3 Å². The number of hydrogen-bond acceptors (Lipinski definition) is 21. The van der Waals surface area contributed by atoms with E-state index in [4.69, 9.17) is 90.1 Å². The van der Waals surface area contributed by atoms with Gasteiger partial charge in [-0.25, -0.2) is 0 Å². The molecule has 0 spiro atoms. The molecule has 5 heterocycles. The molecule has 6 aliphatic carbocycles. The number of methoxy groups -OCH3 is 14. The van der Waals surface area contributed by atoms with Crippen LogP contribution < -0.4 is 0 Å². The number of fused-ring (bicyclic) bond motifs is 6. The molecular formula is C70H131NO20. The summed E-state index contributed by atoms with van der Waals surface area (Å²) in [5.41, 5.74) is 0.419. The first kappa shape index (κ1) is 80.6. The van der Waals surface area contributed by atoms with Gasteiger partial charge in [-0.15, -0.1) is 0 Å². The lowest BCUT2D eigenvalue weighted by atomic mass is 9.87. The van der Waals surface area contributed by atoms with Crippen LogP contribution >= 0.6 is 0 Å². The molecule has 5 aliphatic heterocycles. The van der Waals surface area contributed by atoms with Crippen molar-refractivity contribution in [3.05, 3.63) is 12.2 Å². The summed E-state index contributed by atoms with van der Waals surface area (Å²) in [6.45, 7) is 21.1. The van der Waals surface area contributed by atoms with Crippen molar-refractivity contribution >= 4 is 0 Å². The van der Waals surface area contributed by atoms with Gasteiger partial charge in [-0.2, -0.15) is 5.06 Å². The van der Waals surface area contributed by atoms with Crippen LogP contribution in [-0.4, -0.2) is 272 Å². The summed E-state index contributed by atoms with van der Waals surface area (Å²) in [6, 6.07) is 0. The van der Waals surface area contributed by atoms with E-state index in [9.17, 15) is 5.11 Å². The second-order valence-corrected chi connectivity index (χ2v) is 28.5. The Labute approximate surface area is 550 Å². The molecular weight excluding hydrogens is 1170 g/mol. The van der Waals surface area contributed by atoms with Gasteiger partial charge in [0, 0.05) is 136 Å². The third kappa shape index (κ3) is 20.7. The van der Waals surface area contributed by atoms with Gasteiger partial charge in [0.15, 0.2) is 0 Å². The molecule has 0 aromatic rings. The zero-order valence-corrected chi connectivity index (χ0v) is 60.6. The van der Waals surface area contributed by atoms with Gasteiger partial charge in [-0.3, -0.25) is 4.84 Å². The van der Waals surface area contributed by atoms with Crippen LogP contribution in [0.3, 0.4) is 0 Å². The number of rotatable bonds is 20. The number of hydrogen-bond donors (Lipinski definition) is 1. The highest BCUT2D eigenvalue weighted by atomic mass is 16.7. The average Bonchev–Trinajstić information content (AvgIpc) is 1.53. The number of nitrogens with zero attached hydrogens (tertiary/aromatic N) is 1. The number of ether oxygens (including phenoxy) is 18. The van der Waals surface area contributed by atoms with Crippen molar-refractivity contribution in [1.29, 1.82) is 0 Å². The normalized spacial score (nSPS) is 43.9. The molecule has 10 fully saturated rings. The lowest BCUT2D eigenvalue weighted by Gasteiger charge is -2.41. The molecule has 0 aromatic heterocycles. The van der Waals surface area contributed by atoms with Gasteiger partial charge in [0.1, 0.15) is 42.2 Å². The molecule has 11 rings (SSSR count). The van der Waals surface area contributed by atoms with Crippen molar-refractivity contribution in [2.24, 2.45) is 58.7 Å². The van der Waals surface area contributed by atoms with Crippen molar-refractivity contribution in [3.8, 4) is 0 Å². The molecule has 1 N–H and O–H groups in total. The van der Waals surface area contributed by atoms with Crippen LogP contribution in [-0.2, 0) is 90.1 Å². The fourth-order valence-electron chi connectivity index (χ4n) is 16.9. The standard InChI is InChI=1S/C12H20O2.C10H19NO4.C10H20O3.2C10H18O2.C9H18O4.C9H18O3/c1-8-4-10-11(5-8,13-2)6-9-7-12(9,10)14-3;1-7-8-9(13-4)10(14-7,6-12-3)5-11(2)15-8;1-8-5-4-6-9(12-3)10(13-8)7-11-2;1-7-4-9(12-3)10(6-11-2)5-8(7)10;1-8-4-5-9(7-11-2)10(6-8)12-3;1-6-4-13-7(5-11-2)9(12-3)8(6)10;1-7-4-8(11-3)9(6-10-2)12-5-7/h8-10H,4-7H2,1-3H3;7-9H,5-6H2,1-4H3;8-10H,4-7H2,1-3H3;7-9H,4-6H2,1-3H3;4-5,8-10H,6-7H2,1-3H3;6-10H,4-5H2,1-3H3;7-9H,4-6H2,1-3H3/t8-,9-,10+,11-,12-;7-,8?,9+,10+;8-,9-,10+;7-,8+,9?,10-;8-,9-,10+;6-,7-,8+,9-;7-,8-,9+/m1000110/s1. The zero-order chi connectivity index (χ0) is 67.3. The summed E-state index contributed by atoms with van der Waals surface area (Å²) >= 11 is 0. The molecule has 0 aromatic carbocycles. The van der Waals surface area contributed by atoms with Crippen molar-refractivity contribution < 1.29 is 95.2 Å². The molecule has 0 amide bonds. The van der Waals surface area contributed by atoms with Crippen LogP contribution in [0.4, 0.5) is 0 Å². The quantitative estimate of drug-likeness (QED) is 0.114. The second-order valence-electron chi connectivity index (χ2n) is 28.5. The summed E-state index contributed by atoms with van der Waals surface area (Å²) in [5, 5.41) is 11.6. The van der Waals surface area contributed by atoms with Gasteiger partial charge in [-0.05, 0) is 120 Å². The maximum atomic E-state index is 9.77. The van der Waals surface area contributed by atoms with Gasteiger partial charge in [0.05, 0.1) is 107 Å². The zero-order valence-electron chi connectivity index (χ0n) is 60.6. The summed E-state index contributed by atoms with van der Waals surface area (Å²) in [6.07, 6.45) is 18.5. The predicted molar refractivity (Wildman–Crippen MR) is 348 cm³/mol. The highest BCUT2D eigenvalue weighted by Gasteiger charge is 2.74. The predicted octanol–water partition coefficient (Wildman–Crippen LogP) is 8.55. The number of likely N-dealkylation sites (N-methyl/N-ethyl adjacent to an activating group) is 1. The highest BCUT2D eigenvalue weighted by molar-refractivity contribution is 5.25. The van der Waals surface area contributed by atoms with Gasteiger partial charge in [0.2, 0.25) is 0 Å². The van der Waals surface area contributed by atoms with Gasteiger partial charge in [0.25, 0.3) is 0 Å². The molecule has 21 heteroatoms. The first-order valence-electron chi connectivity index (χ1n) is 34.1. The molecule has 5 saturated carbocycles. The van der Waals surface area contributed by atoms with E-state index in [1.165, 1.54) is 44.9 Å². The lowest BCUT2D eigenvalue weighted by molar-refractivity contribution is -0.262. The maximum Gasteiger partial charge on any atom is 0.135 e. The monoisotopic (exact) mass is 1310 g/mol. The third-order valence-electron chi connectivity index (χ3n) is 21.7. The minimum Gasteiger partial charge on any atom is -0.390 e. The smallest absolute Gasteiger partial charge is 0.135 e. The van der Waals surface area contributed by atoms with E-state index >= 15 is 0 Å². The Hall–Kier alpha value is -1.10. The molecule has 2 unspecified atom stereocenters. The number of aliphatic hydroxyl groups is 1. The van der Waals surface area contributed by atoms with Crippen LogP contribution in [0.25, 0.3) is 0 Å². The van der Waals surface area contributed by atoms with Crippen LogP contribution in [0.15, 0.2) is 12.2 Å². The second kappa shape index (κ2) is 38.9. The fraction of sp³-hybridized carbons (Fsp3) is 0.971. The minimum atomic E-state index is -0.459. The Morgan fingerprint density at radius 2 is 1.21 bits per heavy atom. The molecule has 5 saturated heterocycles. The van der Waals surface area contributed by atoms with Crippen molar-refractivity contribution in [3.63, 3.8) is 0 Å². The Morgan fingerprint density at radius 3 is 1.79 bits per heavy atom. The molecule has 11 aliphatic rings. The van der Waals surface area contributed by atoms with Crippen molar-refractivity contribution in [2.75, 3.05) is 166 Å². The highest BCUT2D eigenvalue weighted by Crippen LogP contribution is 2.71. The van der Waals surface area contributed by atoms with Crippen molar-refractivity contribution in [2.45, 2.75) is 215 Å². The van der Waals surface area contributed by atoms with E-state index in [0.29, 0.717) is 87.0 Å². The summed E-state index contributed by atoms with van der Waals surface area (Å²) < 4.78 is 97.5. The van der Waals surface area contributed by atoms with Crippen LogP contribution in [0.5, 0.6) is 0 Å². The van der Waals surface area contributed by atoms with Crippen LogP contribution in [0.1, 0.15) is 119 Å². The summed E-state index contributed by atoms with van der Waals surface area (Å²) in [4.78, 5) is 5.69. The molecule has 91 heavy (non-hydrogen) atoms. The Balaban J connectivity index is 0.000000193. The first-order chi connectivity index (χ1) is 43.6. The number of allylic oxidation sites excluding steroid dienone is 1. The first-order valence-corrected chi connectivity index (χ1v) is 34.1. The summed E-state index contributed by atoms with van der Waals surface area (Å²) in [5.74, 6) is 5.80. The van der Waals surface area contributed by atoms with E-state index in [-0.39, 0.29) is 77.7 Å². The molecule has 2 bridgehead atoms. The van der Waals surface area contributed by atoms with E-state index < -0.39 is 6.10 Å². The van der Waals surface area contributed by atoms with Gasteiger partial charge >= 0.3 is 0 Å². The molecule has 26 atom stereocenters. The Kier molecular flexibility index (Phi) is 34.4. The van der Waals surface area contributed by atoms with E-state index in [2.05, 4.69) is 46.8 Å². The lowest BCUT2D eigenvalue weighted by Crippen LogP contribution is -2.59. The van der Waals surface area contributed by atoms with Crippen molar-refractivity contribution in [1.82, 2.24) is 5.06 Å². The third-order valence-corrected chi connectivity index (χ3v) is 21.7. The minimum absolute atomic E-state index is 0.0371. The topological polar surface area (TPSA) is 199 Å². The van der Waals surface area contributed by atoms with E-state index in [0.717, 1.165) is 69.2 Å². The molecule has 536 valence electrons. The average molecular weight is 1310 g/mol. The fourth-order valence-corrected chi connectivity index (χ4v) is 16.9. The van der Waals surface area contributed by atoms with Gasteiger partial charge in [-0.1, -0.05) is 46.8 Å². The maximum absolute atomic E-state index is 9.77. The molecule has 0 radical (unpaired) electrons. The number of hydroxylamine groups is 2. The van der Waals surface area contributed by atoms with Crippen LogP contribution in [0.2, 0.25) is 0 Å². The SMILES string of the molecule is COC[C@@]12CN(C)OC([C@H](C)O1)[C@H]2OC.COC[C@@]12C[C@@H]1[C@@H](C)CC2OC.COC[C@H]1C=C[C@@H](C)C[C@@H]1OC.COC[C@H]1OC[C@@H](C)C[C@@H]1OC.COC[C@H]1OC[C@@H](C)[C@H](O)[C@@H]1OC.COC[C@H]1O[C@@H](C)CCC[C@@H]1OC.CO[C@@]12C[C@H](C)C[C@@H]1[C@@]1(OC)C[C@H]1C2. The largest absolute Gasteiger partial charge is 0.390 e. The van der Waals surface area contributed by atoms with Gasteiger partial charge < -0.3 is 90.4 Å². The van der Waals surface area contributed by atoms with E-state index in [1.54, 1.807) is 78.2 Å². The Morgan fingerprint density at radius 1 is 0.560 bits per heavy atom. The number of aliphatic hydroxyl groups excluding tert-OH is 1. The summed E-state index contributed by atoms with van der Waals surface area (Å²) in [7, 11) is 26.2. The Bertz CT molecular complexity index is 2010. The molecule has 21 nitrogen and oxygen atoms in total.